The van der Waals surface area contributed by atoms with Gasteiger partial charge in [0.15, 0.2) is 0 Å². The van der Waals surface area contributed by atoms with Gasteiger partial charge in [0, 0.05) is 13.1 Å². The molecule has 0 radical (unpaired) electrons. The lowest BCUT2D eigenvalue weighted by Gasteiger charge is -2.24. The Balaban J connectivity index is 1.93. The Labute approximate surface area is 118 Å². The van der Waals surface area contributed by atoms with Gasteiger partial charge in [-0.1, -0.05) is 30.3 Å². The second-order valence-corrected chi connectivity index (χ2v) is 4.90. The second kappa shape index (κ2) is 5.83. The predicted molar refractivity (Wildman–Crippen MR) is 75.8 cm³/mol. The van der Waals surface area contributed by atoms with Gasteiger partial charge in [-0.2, -0.15) is 0 Å². The summed E-state index contributed by atoms with van der Waals surface area (Å²) in [5.41, 5.74) is 5.88. The van der Waals surface area contributed by atoms with Crippen molar-refractivity contribution in [2.24, 2.45) is 5.73 Å². The Morgan fingerprint density at radius 2 is 2.10 bits per heavy atom. The maximum atomic E-state index is 12.2. The molecule has 1 unspecified atom stereocenters. The number of nitrogens with two attached hydrogens (primary N) is 1. The van der Waals surface area contributed by atoms with Crippen molar-refractivity contribution in [1.82, 2.24) is 20.1 Å². The van der Waals surface area contributed by atoms with Crippen molar-refractivity contribution >= 4 is 5.91 Å². The summed E-state index contributed by atoms with van der Waals surface area (Å²) >= 11 is 0. The summed E-state index contributed by atoms with van der Waals surface area (Å²) in [6, 6.07) is 9.34. The van der Waals surface area contributed by atoms with E-state index in [1.54, 1.807) is 13.3 Å². The number of aryl methyl sites for hydroxylation is 1. The zero-order chi connectivity index (χ0) is 14.6. The number of benzene rings is 1. The van der Waals surface area contributed by atoms with Crippen molar-refractivity contribution in [3.63, 3.8) is 0 Å². The largest absolute Gasteiger partial charge is 0.352 e. The van der Waals surface area contributed by atoms with Crippen LogP contribution in [0.15, 0.2) is 36.7 Å². The number of nitrogens with zero attached hydrogens (tertiary/aromatic N) is 3. The molecule has 2 rings (SSSR count). The maximum Gasteiger partial charge on any atom is 0.244 e. The molecule has 0 aliphatic rings. The molecule has 2 aromatic rings. The van der Waals surface area contributed by atoms with E-state index in [1.807, 2.05) is 41.8 Å². The standard InChI is InChI=1S/C14H19N5O/c1-11-18-17-10-19(11)9-8-16-13(20)14(2,15)12-6-4-3-5-7-12/h3-7,10H,8-9,15H2,1-2H3,(H,16,20). The Hall–Kier alpha value is -2.21. The fourth-order valence-corrected chi connectivity index (χ4v) is 1.92. The Kier molecular flexibility index (Phi) is 4.14. The van der Waals surface area contributed by atoms with E-state index in [9.17, 15) is 4.79 Å². The first-order chi connectivity index (χ1) is 9.51. The summed E-state index contributed by atoms with van der Waals surface area (Å²) < 4.78 is 1.87. The number of carbonyl (C=O) groups is 1. The number of hydrogen-bond acceptors (Lipinski definition) is 4. The molecule has 1 heterocycles. The molecule has 106 valence electrons. The lowest BCUT2D eigenvalue weighted by atomic mass is 9.92. The molecule has 0 bridgehead atoms. The summed E-state index contributed by atoms with van der Waals surface area (Å²) in [5.74, 6) is 0.618. The Morgan fingerprint density at radius 1 is 1.40 bits per heavy atom. The van der Waals surface area contributed by atoms with Crippen LogP contribution in [-0.4, -0.2) is 27.2 Å². The van der Waals surface area contributed by atoms with Crippen molar-refractivity contribution < 1.29 is 4.79 Å². The van der Waals surface area contributed by atoms with E-state index in [2.05, 4.69) is 15.5 Å². The molecule has 0 saturated heterocycles. The van der Waals surface area contributed by atoms with Crippen LogP contribution >= 0.6 is 0 Å². The Bertz CT molecular complexity index is 576. The quantitative estimate of drug-likeness (QED) is 0.834. The van der Waals surface area contributed by atoms with Crippen LogP contribution in [0.4, 0.5) is 0 Å². The molecule has 0 fully saturated rings. The van der Waals surface area contributed by atoms with Crippen LogP contribution in [0.25, 0.3) is 0 Å². The highest BCUT2D eigenvalue weighted by Gasteiger charge is 2.29. The van der Waals surface area contributed by atoms with Crippen LogP contribution in [0, 0.1) is 6.92 Å². The first kappa shape index (κ1) is 14.2. The Morgan fingerprint density at radius 3 is 2.70 bits per heavy atom. The van der Waals surface area contributed by atoms with Gasteiger partial charge in [0.2, 0.25) is 5.91 Å². The van der Waals surface area contributed by atoms with E-state index >= 15 is 0 Å². The molecule has 6 heteroatoms. The third kappa shape index (κ3) is 3.03. The minimum absolute atomic E-state index is 0.200. The zero-order valence-corrected chi connectivity index (χ0v) is 11.7. The van der Waals surface area contributed by atoms with E-state index < -0.39 is 5.54 Å². The third-order valence-electron chi connectivity index (χ3n) is 3.29. The van der Waals surface area contributed by atoms with Crippen molar-refractivity contribution in [2.75, 3.05) is 6.54 Å². The maximum absolute atomic E-state index is 12.2. The molecular weight excluding hydrogens is 254 g/mol. The van der Waals surface area contributed by atoms with Gasteiger partial charge in [-0.05, 0) is 19.4 Å². The van der Waals surface area contributed by atoms with E-state index in [-0.39, 0.29) is 5.91 Å². The molecule has 1 amide bonds. The van der Waals surface area contributed by atoms with Crippen LogP contribution in [0.3, 0.4) is 0 Å². The summed E-state index contributed by atoms with van der Waals surface area (Å²) in [6.45, 7) is 4.68. The number of aromatic nitrogens is 3. The lowest BCUT2D eigenvalue weighted by molar-refractivity contribution is -0.126. The number of hydrogen-bond donors (Lipinski definition) is 2. The summed E-state index contributed by atoms with van der Waals surface area (Å²) in [6.07, 6.45) is 1.64. The van der Waals surface area contributed by atoms with Gasteiger partial charge < -0.3 is 15.6 Å². The van der Waals surface area contributed by atoms with Gasteiger partial charge in [-0.25, -0.2) is 0 Å². The van der Waals surface area contributed by atoms with Gasteiger partial charge in [0.1, 0.15) is 17.7 Å². The van der Waals surface area contributed by atoms with Gasteiger partial charge in [-0.3, -0.25) is 4.79 Å². The van der Waals surface area contributed by atoms with E-state index in [0.29, 0.717) is 13.1 Å². The van der Waals surface area contributed by atoms with Crippen molar-refractivity contribution in [1.29, 1.82) is 0 Å². The van der Waals surface area contributed by atoms with Crippen LogP contribution in [-0.2, 0) is 16.9 Å². The smallest absolute Gasteiger partial charge is 0.244 e. The van der Waals surface area contributed by atoms with Crippen molar-refractivity contribution in [2.45, 2.75) is 25.9 Å². The molecule has 1 aromatic heterocycles. The fourth-order valence-electron chi connectivity index (χ4n) is 1.92. The van der Waals surface area contributed by atoms with Crippen LogP contribution < -0.4 is 11.1 Å². The first-order valence-corrected chi connectivity index (χ1v) is 6.49. The molecular formula is C14H19N5O. The predicted octanol–water partition coefficient (Wildman–Crippen LogP) is 0.577. The number of rotatable bonds is 5. The summed E-state index contributed by atoms with van der Waals surface area (Å²) in [5, 5.41) is 10.5. The number of amides is 1. The van der Waals surface area contributed by atoms with Crippen LogP contribution in [0.1, 0.15) is 18.3 Å². The van der Waals surface area contributed by atoms with Crippen molar-refractivity contribution in [3.8, 4) is 0 Å². The minimum Gasteiger partial charge on any atom is -0.352 e. The van der Waals surface area contributed by atoms with Gasteiger partial charge in [0.25, 0.3) is 0 Å². The van der Waals surface area contributed by atoms with Crippen LogP contribution in [0.5, 0.6) is 0 Å². The van der Waals surface area contributed by atoms with Gasteiger partial charge >= 0.3 is 0 Å². The van der Waals surface area contributed by atoms with Crippen molar-refractivity contribution in [3.05, 3.63) is 48.0 Å². The number of nitrogens with one attached hydrogen (secondary N) is 1. The molecule has 6 nitrogen and oxygen atoms in total. The second-order valence-electron chi connectivity index (χ2n) is 4.90. The summed E-state index contributed by atoms with van der Waals surface area (Å²) in [4.78, 5) is 12.2. The highest BCUT2D eigenvalue weighted by molar-refractivity contribution is 5.86. The van der Waals surface area contributed by atoms with E-state index in [0.717, 1.165) is 11.4 Å². The van der Waals surface area contributed by atoms with E-state index in [4.69, 9.17) is 5.73 Å². The van der Waals surface area contributed by atoms with Crippen LogP contribution in [0.2, 0.25) is 0 Å². The van der Waals surface area contributed by atoms with Gasteiger partial charge in [0.05, 0.1) is 0 Å². The molecule has 20 heavy (non-hydrogen) atoms. The highest BCUT2D eigenvalue weighted by atomic mass is 16.2. The topological polar surface area (TPSA) is 85.8 Å². The molecule has 0 aliphatic carbocycles. The lowest BCUT2D eigenvalue weighted by Crippen LogP contribution is -2.49. The minimum atomic E-state index is -1.04. The SMILES string of the molecule is Cc1nncn1CCNC(=O)C(C)(N)c1ccccc1. The monoisotopic (exact) mass is 273 g/mol. The molecule has 0 saturated carbocycles. The molecule has 0 spiro atoms. The average Bonchev–Trinajstić information content (AvgIpc) is 2.85. The highest BCUT2D eigenvalue weighted by Crippen LogP contribution is 2.17. The molecule has 0 aliphatic heterocycles. The normalized spacial score (nSPS) is 13.8. The average molecular weight is 273 g/mol. The molecule has 1 atom stereocenters. The zero-order valence-electron chi connectivity index (χ0n) is 11.7. The first-order valence-electron chi connectivity index (χ1n) is 6.49. The van der Waals surface area contributed by atoms with Gasteiger partial charge in [-0.15, -0.1) is 10.2 Å². The number of carbonyl (C=O) groups excluding carboxylic acids is 1. The molecule has 1 aromatic carbocycles. The summed E-state index contributed by atoms with van der Waals surface area (Å²) in [7, 11) is 0. The van der Waals surface area contributed by atoms with E-state index in [1.165, 1.54) is 0 Å². The molecule has 3 N–H and O–H groups in total. The fraction of sp³-hybridized carbons (Fsp3) is 0.357. The third-order valence-corrected chi connectivity index (χ3v) is 3.29.